The molecule has 0 atom stereocenters. The lowest BCUT2D eigenvalue weighted by atomic mass is 10.2. The smallest absolute Gasteiger partial charge is 0.130 e. The minimum absolute atomic E-state index is 0.210. The molecule has 0 unspecified atom stereocenters. The molecule has 0 fully saturated rings. The summed E-state index contributed by atoms with van der Waals surface area (Å²) >= 11 is 5.50. The van der Waals surface area contributed by atoms with Crippen LogP contribution in [0.25, 0.3) is 0 Å². The summed E-state index contributed by atoms with van der Waals surface area (Å²) in [6.07, 6.45) is 0.867. The Balaban J connectivity index is 2.12. The van der Waals surface area contributed by atoms with Crippen LogP contribution >= 0.6 is 11.6 Å². The van der Waals surface area contributed by atoms with Gasteiger partial charge in [0.15, 0.2) is 0 Å². The maximum atomic E-state index is 13.5. The van der Waals surface area contributed by atoms with Crippen molar-refractivity contribution in [3.8, 4) is 17.6 Å². The molecule has 0 amide bonds. The monoisotopic (exact) mass is 306 g/mol. The SMILES string of the molecule is CCc1cc(COc2cc(F)cc(C#CCCl)c2)n(C)n1. The van der Waals surface area contributed by atoms with Gasteiger partial charge in [0, 0.05) is 18.7 Å². The van der Waals surface area contributed by atoms with Crippen LogP contribution in [0.2, 0.25) is 0 Å². The lowest BCUT2D eigenvalue weighted by Gasteiger charge is -2.07. The average molecular weight is 307 g/mol. The normalized spacial score (nSPS) is 10.1. The molecule has 5 heteroatoms. The number of hydrogen-bond acceptors (Lipinski definition) is 2. The van der Waals surface area contributed by atoms with Crippen LogP contribution in [0.5, 0.6) is 5.75 Å². The highest BCUT2D eigenvalue weighted by atomic mass is 35.5. The van der Waals surface area contributed by atoms with Crippen LogP contribution < -0.4 is 4.74 Å². The maximum absolute atomic E-state index is 13.5. The Morgan fingerprint density at radius 2 is 2.14 bits per heavy atom. The zero-order chi connectivity index (χ0) is 15.2. The van der Waals surface area contributed by atoms with Gasteiger partial charge in [-0.3, -0.25) is 4.68 Å². The van der Waals surface area contributed by atoms with E-state index in [1.165, 1.54) is 12.1 Å². The van der Waals surface area contributed by atoms with Gasteiger partial charge in [0.25, 0.3) is 0 Å². The Labute approximate surface area is 128 Å². The first-order valence-electron chi connectivity index (χ1n) is 6.62. The summed E-state index contributed by atoms with van der Waals surface area (Å²) in [5, 5.41) is 4.34. The second-order valence-electron chi connectivity index (χ2n) is 4.50. The molecule has 0 radical (unpaired) electrons. The Morgan fingerprint density at radius 1 is 1.33 bits per heavy atom. The summed E-state index contributed by atoms with van der Waals surface area (Å²) in [4.78, 5) is 0. The summed E-state index contributed by atoms with van der Waals surface area (Å²) in [5.74, 6) is 5.74. The van der Waals surface area contributed by atoms with Crippen LogP contribution in [-0.4, -0.2) is 15.7 Å². The molecule has 0 saturated carbocycles. The molecule has 0 saturated heterocycles. The van der Waals surface area contributed by atoms with E-state index < -0.39 is 0 Å². The number of aryl methyl sites for hydroxylation is 2. The largest absolute Gasteiger partial charge is 0.487 e. The lowest BCUT2D eigenvalue weighted by Crippen LogP contribution is -2.03. The molecule has 3 nitrogen and oxygen atoms in total. The second kappa shape index (κ2) is 7.14. The van der Waals surface area contributed by atoms with Gasteiger partial charge in [0.05, 0.1) is 17.3 Å². The molecule has 0 spiro atoms. The summed E-state index contributed by atoms with van der Waals surface area (Å²) in [6, 6.07) is 6.36. The van der Waals surface area contributed by atoms with Crippen molar-refractivity contribution in [2.24, 2.45) is 7.05 Å². The van der Waals surface area contributed by atoms with Crippen molar-refractivity contribution in [3.05, 3.63) is 47.0 Å². The van der Waals surface area contributed by atoms with Crippen molar-refractivity contribution in [3.63, 3.8) is 0 Å². The van der Waals surface area contributed by atoms with Crippen molar-refractivity contribution < 1.29 is 9.13 Å². The van der Waals surface area contributed by atoms with Gasteiger partial charge in [0.1, 0.15) is 18.2 Å². The van der Waals surface area contributed by atoms with Gasteiger partial charge >= 0.3 is 0 Å². The number of alkyl halides is 1. The molecule has 21 heavy (non-hydrogen) atoms. The molecule has 0 aliphatic rings. The molecule has 0 bridgehead atoms. The zero-order valence-corrected chi connectivity index (χ0v) is 12.7. The van der Waals surface area contributed by atoms with E-state index in [4.69, 9.17) is 16.3 Å². The van der Waals surface area contributed by atoms with Crippen LogP contribution in [0, 0.1) is 17.7 Å². The molecule has 2 aromatic rings. The molecular weight excluding hydrogens is 291 g/mol. The highest BCUT2D eigenvalue weighted by Gasteiger charge is 2.06. The Bertz CT molecular complexity index is 685. The lowest BCUT2D eigenvalue weighted by molar-refractivity contribution is 0.293. The van der Waals surface area contributed by atoms with Crippen molar-refractivity contribution in [2.75, 3.05) is 5.88 Å². The molecular formula is C16H16ClFN2O. The van der Waals surface area contributed by atoms with Gasteiger partial charge in [-0.1, -0.05) is 18.8 Å². The third-order valence-electron chi connectivity index (χ3n) is 2.95. The van der Waals surface area contributed by atoms with E-state index in [1.54, 1.807) is 10.7 Å². The van der Waals surface area contributed by atoms with Crippen LogP contribution in [0.1, 0.15) is 23.9 Å². The quantitative estimate of drug-likeness (QED) is 0.640. The van der Waals surface area contributed by atoms with E-state index in [1.807, 2.05) is 20.0 Å². The molecule has 1 aromatic carbocycles. The minimum Gasteiger partial charge on any atom is -0.487 e. The number of rotatable bonds is 4. The van der Waals surface area contributed by atoms with Crippen molar-refractivity contribution in [2.45, 2.75) is 20.0 Å². The zero-order valence-electron chi connectivity index (χ0n) is 12.0. The number of nitrogens with zero attached hydrogens (tertiary/aromatic N) is 2. The number of ether oxygens (including phenoxy) is 1. The van der Waals surface area contributed by atoms with Crippen molar-refractivity contribution in [1.82, 2.24) is 9.78 Å². The van der Waals surface area contributed by atoms with Gasteiger partial charge in [-0.05, 0) is 24.6 Å². The number of benzene rings is 1. The average Bonchev–Trinajstić information content (AvgIpc) is 2.83. The summed E-state index contributed by atoms with van der Waals surface area (Å²) in [7, 11) is 1.86. The molecule has 110 valence electrons. The molecule has 0 aliphatic carbocycles. The van der Waals surface area contributed by atoms with Gasteiger partial charge in [-0.25, -0.2) is 4.39 Å². The minimum atomic E-state index is -0.384. The van der Waals surface area contributed by atoms with Crippen LogP contribution in [0.15, 0.2) is 24.3 Å². The van der Waals surface area contributed by atoms with E-state index in [2.05, 4.69) is 16.9 Å². The number of aromatic nitrogens is 2. The fraction of sp³-hybridized carbons (Fsp3) is 0.312. The van der Waals surface area contributed by atoms with E-state index in [-0.39, 0.29) is 11.7 Å². The van der Waals surface area contributed by atoms with Gasteiger partial charge in [-0.2, -0.15) is 5.10 Å². The number of hydrogen-bond donors (Lipinski definition) is 0. The first-order chi connectivity index (χ1) is 10.1. The fourth-order valence-electron chi connectivity index (χ4n) is 1.89. The van der Waals surface area contributed by atoms with Crippen LogP contribution in [0.3, 0.4) is 0 Å². The Kier molecular flexibility index (Phi) is 5.24. The van der Waals surface area contributed by atoms with E-state index in [0.717, 1.165) is 17.8 Å². The van der Waals surface area contributed by atoms with Crippen LogP contribution in [-0.2, 0) is 20.1 Å². The first-order valence-corrected chi connectivity index (χ1v) is 7.16. The van der Waals surface area contributed by atoms with E-state index in [0.29, 0.717) is 17.9 Å². The maximum Gasteiger partial charge on any atom is 0.130 e. The molecule has 2 rings (SSSR count). The summed E-state index contributed by atoms with van der Waals surface area (Å²) < 4.78 is 20.9. The van der Waals surface area contributed by atoms with E-state index >= 15 is 0 Å². The van der Waals surface area contributed by atoms with Gasteiger partial charge < -0.3 is 4.74 Å². The van der Waals surface area contributed by atoms with E-state index in [9.17, 15) is 4.39 Å². The van der Waals surface area contributed by atoms with Crippen molar-refractivity contribution in [1.29, 1.82) is 0 Å². The molecule has 1 heterocycles. The van der Waals surface area contributed by atoms with Crippen molar-refractivity contribution >= 4 is 11.6 Å². The van der Waals surface area contributed by atoms with Crippen LogP contribution in [0.4, 0.5) is 4.39 Å². The molecule has 0 aliphatic heterocycles. The topological polar surface area (TPSA) is 27.1 Å². The summed E-state index contributed by atoms with van der Waals surface area (Å²) in [5.41, 5.74) is 2.48. The second-order valence-corrected chi connectivity index (χ2v) is 4.77. The predicted molar refractivity (Wildman–Crippen MR) is 80.9 cm³/mol. The highest BCUT2D eigenvalue weighted by molar-refractivity contribution is 6.19. The molecule has 1 aromatic heterocycles. The predicted octanol–water partition coefficient (Wildman–Crippen LogP) is 3.29. The summed E-state index contributed by atoms with van der Waals surface area (Å²) in [6.45, 7) is 2.37. The van der Waals surface area contributed by atoms with Gasteiger partial charge in [-0.15, -0.1) is 11.6 Å². The molecule has 0 N–H and O–H groups in total. The standard InChI is InChI=1S/C16H16ClFN2O/c1-3-14-10-15(20(2)19-14)11-21-16-8-12(5-4-6-17)7-13(18)9-16/h7-10H,3,6,11H2,1-2H3. The Hall–Kier alpha value is -1.99. The fourth-order valence-corrected chi connectivity index (χ4v) is 1.96. The van der Waals surface area contributed by atoms with Gasteiger partial charge in [0.2, 0.25) is 0 Å². The number of halogens is 2. The third kappa shape index (κ3) is 4.24. The Morgan fingerprint density at radius 3 is 2.81 bits per heavy atom. The third-order valence-corrected chi connectivity index (χ3v) is 3.08. The first kappa shape index (κ1) is 15.4. The highest BCUT2D eigenvalue weighted by Crippen LogP contribution is 2.17.